The van der Waals surface area contributed by atoms with Crippen molar-refractivity contribution in [2.24, 2.45) is 0 Å². The molecule has 2 amide bonds. The van der Waals surface area contributed by atoms with E-state index in [4.69, 9.17) is 14.2 Å². The minimum Gasteiger partial charge on any atom is -0.497 e. The number of methoxy groups -OCH3 is 3. The number of benzene rings is 2. The van der Waals surface area contributed by atoms with E-state index >= 15 is 0 Å². The van der Waals surface area contributed by atoms with Gasteiger partial charge in [-0.3, -0.25) is 0 Å². The topological polar surface area (TPSA) is 72.1 Å². The molecule has 2 fully saturated rings. The zero-order chi connectivity index (χ0) is 23.6. The predicted molar refractivity (Wildman–Crippen MR) is 130 cm³/mol. The van der Waals surface area contributed by atoms with Crippen molar-refractivity contribution in [3.05, 3.63) is 47.5 Å². The van der Waals surface area contributed by atoms with Crippen LogP contribution in [0.15, 0.2) is 36.4 Å². The van der Waals surface area contributed by atoms with Crippen LogP contribution in [0, 0.1) is 6.92 Å². The minimum absolute atomic E-state index is 0.0650. The first kappa shape index (κ1) is 23.2. The van der Waals surface area contributed by atoms with Crippen LogP contribution in [0.4, 0.5) is 10.5 Å². The Morgan fingerprint density at radius 2 is 1.82 bits per heavy atom. The van der Waals surface area contributed by atoms with Crippen molar-refractivity contribution in [3.63, 3.8) is 0 Å². The van der Waals surface area contributed by atoms with E-state index in [-0.39, 0.29) is 17.5 Å². The number of hydrogen-bond acceptors (Lipinski definition) is 5. The summed E-state index contributed by atoms with van der Waals surface area (Å²) in [5.41, 5.74) is 3.12. The van der Waals surface area contributed by atoms with Gasteiger partial charge < -0.3 is 29.7 Å². The number of amides is 2. The Bertz CT molecular complexity index is 1010. The fourth-order valence-electron chi connectivity index (χ4n) is 5.64. The maximum atomic E-state index is 12.8. The van der Waals surface area contributed by atoms with Gasteiger partial charge in [0.1, 0.15) is 5.75 Å². The van der Waals surface area contributed by atoms with Crippen LogP contribution in [-0.2, 0) is 5.41 Å². The van der Waals surface area contributed by atoms with Crippen LogP contribution in [0.25, 0.3) is 0 Å². The molecule has 0 unspecified atom stereocenters. The van der Waals surface area contributed by atoms with E-state index in [2.05, 4.69) is 34.7 Å². The van der Waals surface area contributed by atoms with Gasteiger partial charge >= 0.3 is 6.03 Å². The molecule has 7 heteroatoms. The van der Waals surface area contributed by atoms with E-state index in [9.17, 15) is 4.79 Å². The molecule has 2 aromatic carbocycles. The summed E-state index contributed by atoms with van der Waals surface area (Å²) >= 11 is 0. The summed E-state index contributed by atoms with van der Waals surface area (Å²) in [5, 5.41) is 6.21. The van der Waals surface area contributed by atoms with Crippen LogP contribution in [0.1, 0.15) is 36.8 Å². The number of nitrogens with zero attached hydrogens (tertiary/aromatic N) is 1. The van der Waals surface area contributed by atoms with Gasteiger partial charge in [0.05, 0.1) is 21.3 Å². The second kappa shape index (κ2) is 9.51. The number of urea groups is 1. The summed E-state index contributed by atoms with van der Waals surface area (Å²) in [6, 6.07) is 12.3. The highest BCUT2D eigenvalue weighted by atomic mass is 16.5. The van der Waals surface area contributed by atoms with Crippen LogP contribution in [0.3, 0.4) is 0 Å². The Morgan fingerprint density at radius 3 is 2.52 bits per heavy atom. The lowest BCUT2D eigenvalue weighted by Crippen LogP contribution is -2.52. The smallest absolute Gasteiger partial charge is 0.319 e. The van der Waals surface area contributed by atoms with Gasteiger partial charge in [-0.05, 0) is 87.7 Å². The van der Waals surface area contributed by atoms with Gasteiger partial charge in [-0.25, -0.2) is 4.79 Å². The Kier molecular flexibility index (Phi) is 6.70. The average Bonchev–Trinajstić information content (AvgIpc) is 3.16. The molecule has 0 aromatic heterocycles. The van der Waals surface area contributed by atoms with Crippen LogP contribution in [-0.4, -0.2) is 57.9 Å². The number of anilines is 1. The molecule has 4 rings (SSSR count). The molecule has 1 heterocycles. The number of aryl methyl sites for hydroxylation is 1. The lowest BCUT2D eigenvalue weighted by Gasteiger charge is -2.45. The second-order valence-corrected chi connectivity index (χ2v) is 9.22. The molecule has 178 valence electrons. The molecule has 2 aromatic rings. The van der Waals surface area contributed by atoms with E-state index < -0.39 is 0 Å². The normalized spacial score (nSPS) is 24.6. The van der Waals surface area contributed by atoms with Gasteiger partial charge in [-0.15, -0.1) is 0 Å². The van der Waals surface area contributed by atoms with Crippen molar-refractivity contribution in [1.82, 2.24) is 10.2 Å². The summed E-state index contributed by atoms with van der Waals surface area (Å²) in [6.45, 7) is 3.01. The first-order chi connectivity index (χ1) is 15.9. The SMILES string of the molecule is COc1ccc(NC(=O)N[C@@H]2CC[C@@]3(c4ccc(OC)c(OC)c4)CCN(C)[C@H]3C2)c(C)c1. The lowest BCUT2D eigenvalue weighted by molar-refractivity contribution is 0.156. The number of hydrogen-bond donors (Lipinski definition) is 2. The van der Waals surface area contributed by atoms with Gasteiger partial charge in [-0.2, -0.15) is 0 Å². The summed E-state index contributed by atoms with van der Waals surface area (Å²) < 4.78 is 16.3. The van der Waals surface area contributed by atoms with Crippen molar-refractivity contribution < 1.29 is 19.0 Å². The molecule has 2 aliphatic rings. The molecule has 0 spiro atoms. The standard InChI is InChI=1S/C26H35N3O4/c1-17-14-20(31-3)7-8-21(17)28-25(30)27-19-10-11-26(12-13-29(2)24(26)16-19)18-6-9-22(32-4)23(15-18)33-5/h6-9,14-15,19,24H,10-13,16H2,1-5H3,(H2,27,28,30)/t19-,24+,26+/m1/s1. The average molecular weight is 454 g/mol. The van der Waals surface area contributed by atoms with E-state index in [0.29, 0.717) is 6.04 Å². The predicted octanol–water partition coefficient (Wildman–Crippen LogP) is 4.34. The Labute approximate surface area is 196 Å². The lowest BCUT2D eigenvalue weighted by atomic mass is 9.65. The van der Waals surface area contributed by atoms with Crippen molar-refractivity contribution in [2.45, 2.75) is 50.1 Å². The molecule has 33 heavy (non-hydrogen) atoms. The number of likely N-dealkylation sites (N-methyl/N-ethyl adjacent to an activating group) is 1. The largest absolute Gasteiger partial charge is 0.497 e. The highest BCUT2D eigenvalue weighted by molar-refractivity contribution is 5.90. The number of likely N-dealkylation sites (tertiary alicyclic amines) is 1. The van der Waals surface area contributed by atoms with Crippen LogP contribution < -0.4 is 24.8 Å². The zero-order valence-electron chi connectivity index (χ0n) is 20.2. The number of rotatable bonds is 6. The number of fused-ring (bicyclic) bond motifs is 1. The first-order valence-electron chi connectivity index (χ1n) is 11.5. The number of carbonyl (C=O) groups excluding carboxylic acids is 1. The van der Waals surface area contributed by atoms with E-state index in [1.807, 2.05) is 31.2 Å². The van der Waals surface area contributed by atoms with Crippen molar-refractivity contribution in [3.8, 4) is 17.2 Å². The molecule has 1 saturated carbocycles. The van der Waals surface area contributed by atoms with Gasteiger partial charge in [0, 0.05) is 23.2 Å². The maximum Gasteiger partial charge on any atom is 0.319 e. The Morgan fingerprint density at radius 1 is 1.03 bits per heavy atom. The summed E-state index contributed by atoms with van der Waals surface area (Å²) in [4.78, 5) is 15.2. The number of nitrogens with one attached hydrogen (secondary N) is 2. The highest BCUT2D eigenvalue weighted by Gasteiger charge is 2.50. The molecule has 0 radical (unpaired) electrons. The number of carbonyl (C=O) groups is 1. The van der Waals surface area contributed by atoms with Crippen molar-refractivity contribution >= 4 is 11.7 Å². The van der Waals surface area contributed by atoms with Crippen LogP contribution in [0.2, 0.25) is 0 Å². The fraction of sp³-hybridized carbons (Fsp3) is 0.500. The highest BCUT2D eigenvalue weighted by Crippen LogP contribution is 2.49. The van der Waals surface area contributed by atoms with Crippen LogP contribution >= 0.6 is 0 Å². The van der Waals surface area contributed by atoms with E-state index in [1.165, 1.54) is 5.56 Å². The molecule has 7 nitrogen and oxygen atoms in total. The number of ether oxygens (including phenoxy) is 3. The van der Waals surface area contributed by atoms with Crippen molar-refractivity contribution in [1.29, 1.82) is 0 Å². The fourth-order valence-corrected chi connectivity index (χ4v) is 5.64. The van der Waals surface area contributed by atoms with E-state index in [1.54, 1.807) is 21.3 Å². The summed E-state index contributed by atoms with van der Waals surface area (Å²) in [6.07, 6.45) is 3.98. The zero-order valence-corrected chi connectivity index (χ0v) is 20.2. The molecule has 1 saturated heterocycles. The van der Waals surface area contributed by atoms with E-state index in [0.717, 1.165) is 60.7 Å². The first-order valence-corrected chi connectivity index (χ1v) is 11.5. The molecule has 0 bridgehead atoms. The molecule has 1 aliphatic heterocycles. The Balaban J connectivity index is 1.47. The molecule has 1 aliphatic carbocycles. The van der Waals surface area contributed by atoms with Gasteiger partial charge in [0.15, 0.2) is 11.5 Å². The Hall–Kier alpha value is -2.93. The molecule has 3 atom stereocenters. The minimum atomic E-state index is -0.160. The van der Waals surface area contributed by atoms with Gasteiger partial charge in [-0.1, -0.05) is 6.07 Å². The third-order valence-electron chi connectivity index (χ3n) is 7.50. The van der Waals surface area contributed by atoms with Gasteiger partial charge in [0.25, 0.3) is 0 Å². The second-order valence-electron chi connectivity index (χ2n) is 9.22. The van der Waals surface area contributed by atoms with Crippen molar-refractivity contribution in [2.75, 3.05) is 40.2 Å². The molecular weight excluding hydrogens is 418 g/mol. The molecular formula is C26H35N3O4. The molecule has 2 N–H and O–H groups in total. The summed E-state index contributed by atoms with van der Waals surface area (Å²) in [7, 11) is 7.18. The summed E-state index contributed by atoms with van der Waals surface area (Å²) in [5.74, 6) is 2.30. The third-order valence-corrected chi connectivity index (χ3v) is 7.50. The van der Waals surface area contributed by atoms with Gasteiger partial charge in [0.2, 0.25) is 0 Å². The monoisotopic (exact) mass is 453 g/mol. The maximum absolute atomic E-state index is 12.8. The van der Waals surface area contributed by atoms with Crippen LogP contribution in [0.5, 0.6) is 17.2 Å². The third kappa shape index (κ3) is 4.47. The quantitative estimate of drug-likeness (QED) is 0.681.